The Labute approximate surface area is 126 Å². The topological polar surface area (TPSA) is 29.1 Å². The molecule has 0 bridgehead atoms. The van der Waals surface area contributed by atoms with E-state index in [4.69, 9.17) is 0 Å². The van der Waals surface area contributed by atoms with Crippen molar-refractivity contribution in [1.29, 1.82) is 0 Å². The van der Waals surface area contributed by atoms with Crippen molar-refractivity contribution in [2.24, 2.45) is 5.92 Å². The summed E-state index contributed by atoms with van der Waals surface area (Å²) in [5.41, 5.74) is 0.489. The number of amides is 1. The van der Waals surface area contributed by atoms with Gasteiger partial charge in [-0.15, -0.1) is 0 Å². The minimum absolute atomic E-state index is 0.0850. The minimum atomic E-state index is -0.912. The second-order valence-corrected chi connectivity index (χ2v) is 6.65. The molecule has 0 aromatic heterocycles. The van der Waals surface area contributed by atoms with Gasteiger partial charge in [0.25, 0.3) is 0 Å². The molecule has 1 amide bonds. The van der Waals surface area contributed by atoms with E-state index in [2.05, 4.69) is 21.2 Å². The molecule has 1 N–H and O–H groups in total. The Morgan fingerprint density at radius 1 is 1.30 bits per heavy atom. The SMILES string of the molecule is O=C(Cc1ccc(F)c(F)c1)NCC1CCCC(Br)C1. The van der Waals surface area contributed by atoms with Crippen molar-refractivity contribution >= 4 is 21.8 Å². The van der Waals surface area contributed by atoms with Crippen LogP contribution in [0.5, 0.6) is 0 Å². The van der Waals surface area contributed by atoms with Crippen LogP contribution >= 0.6 is 15.9 Å². The number of carbonyl (C=O) groups is 1. The van der Waals surface area contributed by atoms with Gasteiger partial charge in [0, 0.05) is 11.4 Å². The molecule has 1 aliphatic rings. The van der Waals surface area contributed by atoms with Crippen molar-refractivity contribution in [3.05, 3.63) is 35.4 Å². The van der Waals surface area contributed by atoms with Gasteiger partial charge in [0.15, 0.2) is 11.6 Å². The summed E-state index contributed by atoms with van der Waals surface area (Å²) in [6.45, 7) is 0.657. The zero-order valence-electron chi connectivity index (χ0n) is 11.2. The van der Waals surface area contributed by atoms with Crippen LogP contribution < -0.4 is 5.32 Å². The van der Waals surface area contributed by atoms with Crippen LogP contribution in [0.4, 0.5) is 8.78 Å². The summed E-state index contributed by atoms with van der Waals surface area (Å²) in [5.74, 6) is -1.45. The number of hydrogen-bond donors (Lipinski definition) is 1. The standard InChI is InChI=1S/C15H18BrF2NO/c16-12-3-1-2-11(6-12)9-19-15(20)8-10-4-5-13(17)14(18)7-10/h4-5,7,11-12H,1-3,6,8-9H2,(H,19,20). The third kappa shape index (κ3) is 4.54. The van der Waals surface area contributed by atoms with Crippen molar-refractivity contribution in [3.8, 4) is 0 Å². The highest BCUT2D eigenvalue weighted by Crippen LogP contribution is 2.28. The van der Waals surface area contributed by atoms with Gasteiger partial charge >= 0.3 is 0 Å². The molecular weight excluding hydrogens is 328 g/mol. The second kappa shape index (κ2) is 7.16. The smallest absolute Gasteiger partial charge is 0.224 e. The quantitative estimate of drug-likeness (QED) is 0.830. The first-order valence-electron chi connectivity index (χ1n) is 6.89. The molecule has 2 unspecified atom stereocenters. The second-order valence-electron chi connectivity index (χ2n) is 5.36. The van der Waals surface area contributed by atoms with E-state index in [0.717, 1.165) is 25.0 Å². The van der Waals surface area contributed by atoms with Crippen molar-refractivity contribution in [1.82, 2.24) is 5.32 Å². The molecule has 0 aliphatic heterocycles. The highest BCUT2D eigenvalue weighted by molar-refractivity contribution is 9.09. The van der Waals surface area contributed by atoms with Gasteiger partial charge in [0.2, 0.25) is 5.91 Å². The maximum atomic E-state index is 13.0. The number of halogens is 3. The van der Waals surface area contributed by atoms with Crippen LogP contribution in [0.2, 0.25) is 0 Å². The molecular formula is C15H18BrF2NO. The molecule has 0 heterocycles. The fourth-order valence-corrected chi connectivity index (χ4v) is 3.42. The van der Waals surface area contributed by atoms with Gasteiger partial charge in [-0.2, -0.15) is 0 Å². The van der Waals surface area contributed by atoms with E-state index in [1.54, 1.807) is 0 Å². The maximum absolute atomic E-state index is 13.0. The van der Waals surface area contributed by atoms with Crippen LogP contribution in [0.25, 0.3) is 0 Å². The van der Waals surface area contributed by atoms with E-state index in [1.807, 2.05) is 0 Å². The monoisotopic (exact) mass is 345 g/mol. The molecule has 1 saturated carbocycles. The molecule has 20 heavy (non-hydrogen) atoms. The summed E-state index contributed by atoms with van der Waals surface area (Å²) in [5, 5.41) is 2.88. The number of hydrogen-bond acceptors (Lipinski definition) is 1. The Bertz CT molecular complexity index is 481. The first kappa shape index (κ1) is 15.4. The first-order valence-corrected chi connectivity index (χ1v) is 7.81. The van der Waals surface area contributed by atoms with Gasteiger partial charge in [-0.25, -0.2) is 8.78 Å². The van der Waals surface area contributed by atoms with Crippen LogP contribution in [-0.2, 0) is 11.2 Å². The number of alkyl halides is 1. The molecule has 1 aromatic carbocycles. The van der Waals surface area contributed by atoms with Crippen molar-refractivity contribution in [2.75, 3.05) is 6.54 Å². The van der Waals surface area contributed by atoms with E-state index in [-0.39, 0.29) is 12.3 Å². The molecule has 0 saturated heterocycles. The van der Waals surface area contributed by atoms with Gasteiger partial charge in [0.05, 0.1) is 6.42 Å². The van der Waals surface area contributed by atoms with E-state index in [1.165, 1.54) is 18.9 Å². The molecule has 0 spiro atoms. The molecule has 2 nitrogen and oxygen atoms in total. The predicted octanol–water partition coefficient (Wildman–Crippen LogP) is 3.58. The largest absolute Gasteiger partial charge is 0.356 e. The summed E-state index contributed by atoms with van der Waals surface area (Å²) in [4.78, 5) is 12.3. The first-order chi connectivity index (χ1) is 9.54. The number of benzene rings is 1. The van der Waals surface area contributed by atoms with Gasteiger partial charge in [-0.1, -0.05) is 28.4 Å². The van der Waals surface area contributed by atoms with Crippen LogP contribution in [-0.4, -0.2) is 17.3 Å². The summed E-state index contributed by atoms with van der Waals surface area (Å²) in [6, 6.07) is 3.56. The van der Waals surface area contributed by atoms with Gasteiger partial charge in [0.1, 0.15) is 0 Å². The molecule has 1 aliphatic carbocycles. The van der Waals surface area contributed by atoms with Crippen LogP contribution in [0, 0.1) is 17.6 Å². The summed E-state index contributed by atoms with van der Waals surface area (Å²) < 4.78 is 25.8. The fraction of sp³-hybridized carbons (Fsp3) is 0.533. The van der Waals surface area contributed by atoms with E-state index in [9.17, 15) is 13.6 Å². The lowest BCUT2D eigenvalue weighted by molar-refractivity contribution is -0.120. The summed E-state index contributed by atoms with van der Waals surface area (Å²) in [7, 11) is 0. The van der Waals surface area contributed by atoms with Crippen molar-refractivity contribution < 1.29 is 13.6 Å². The highest BCUT2D eigenvalue weighted by Gasteiger charge is 2.20. The lowest BCUT2D eigenvalue weighted by atomic mass is 9.89. The van der Waals surface area contributed by atoms with Crippen LogP contribution in [0.15, 0.2) is 18.2 Å². The Kier molecular flexibility index (Phi) is 5.52. The zero-order chi connectivity index (χ0) is 14.5. The Hall–Kier alpha value is -0.970. The third-order valence-corrected chi connectivity index (χ3v) is 4.49. The predicted molar refractivity (Wildman–Crippen MR) is 77.7 cm³/mol. The molecule has 2 atom stereocenters. The zero-order valence-corrected chi connectivity index (χ0v) is 12.8. The summed E-state index contributed by atoms with van der Waals surface area (Å²) >= 11 is 3.61. The van der Waals surface area contributed by atoms with Gasteiger partial charge in [-0.3, -0.25) is 4.79 Å². The van der Waals surface area contributed by atoms with Gasteiger partial charge in [-0.05, 0) is 42.9 Å². The molecule has 1 aromatic rings. The fourth-order valence-electron chi connectivity index (χ4n) is 2.57. The molecule has 0 radical (unpaired) electrons. The minimum Gasteiger partial charge on any atom is -0.356 e. The van der Waals surface area contributed by atoms with Gasteiger partial charge < -0.3 is 5.32 Å². The van der Waals surface area contributed by atoms with Crippen molar-refractivity contribution in [3.63, 3.8) is 0 Å². The average Bonchev–Trinajstić information content (AvgIpc) is 2.41. The molecule has 2 rings (SSSR count). The number of rotatable bonds is 4. The van der Waals surface area contributed by atoms with Crippen LogP contribution in [0.1, 0.15) is 31.2 Å². The lowest BCUT2D eigenvalue weighted by Crippen LogP contribution is -2.32. The number of nitrogens with one attached hydrogen (secondary N) is 1. The Morgan fingerprint density at radius 3 is 2.80 bits per heavy atom. The maximum Gasteiger partial charge on any atom is 0.224 e. The van der Waals surface area contributed by atoms with E-state index < -0.39 is 11.6 Å². The highest BCUT2D eigenvalue weighted by atomic mass is 79.9. The average molecular weight is 346 g/mol. The Balaban J connectivity index is 1.78. The third-order valence-electron chi connectivity index (χ3n) is 3.66. The van der Waals surface area contributed by atoms with E-state index in [0.29, 0.717) is 22.9 Å². The summed E-state index contributed by atoms with van der Waals surface area (Å²) in [6.07, 6.45) is 4.67. The van der Waals surface area contributed by atoms with Crippen molar-refractivity contribution in [2.45, 2.75) is 36.9 Å². The molecule has 1 fully saturated rings. The number of carbonyl (C=O) groups excluding carboxylic acids is 1. The lowest BCUT2D eigenvalue weighted by Gasteiger charge is -2.25. The normalized spacial score (nSPS) is 22.6. The molecule has 110 valence electrons. The molecule has 5 heteroatoms. The van der Waals surface area contributed by atoms with Crippen LogP contribution in [0.3, 0.4) is 0 Å². The van der Waals surface area contributed by atoms with E-state index >= 15 is 0 Å². The Morgan fingerprint density at radius 2 is 2.10 bits per heavy atom.